The van der Waals surface area contributed by atoms with Crippen LogP contribution in [0.3, 0.4) is 0 Å². The fraction of sp³-hybridized carbons (Fsp3) is 0.0714. The van der Waals surface area contributed by atoms with Crippen LogP contribution in [0.2, 0.25) is 5.02 Å². The van der Waals surface area contributed by atoms with E-state index in [-0.39, 0.29) is 15.5 Å². The summed E-state index contributed by atoms with van der Waals surface area (Å²) >= 11 is 5.86. The first-order valence-electron chi connectivity index (χ1n) is 5.97. The van der Waals surface area contributed by atoms with Crippen molar-refractivity contribution in [1.29, 1.82) is 0 Å². The molecule has 0 bridgehead atoms. The Labute approximate surface area is 128 Å². The van der Waals surface area contributed by atoms with Gasteiger partial charge in [-0.1, -0.05) is 29.8 Å². The molecule has 2 rings (SSSR count). The summed E-state index contributed by atoms with van der Waals surface area (Å²) in [6.07, 6.45) is 0. The van der Waals surface area contributed by atoms with Crippen molar-refractivity contribution in [3.63, 3.8) is 0 Å². The minimum absolute atomic E-state index is 0.0734. The predicted octanol–water partition coefficient (Wildman–Crippen LogP) is 2.26. The molecule has 5 nitrogen and oxygen atoms in total. The Morgan fingerprint density at radius 2 is 1.76 bits per heavy atom. The number of nitrogens with zero attached hydrogens (tertiary/aromatic N) is 1. The molecule has 0 saturated carbocycles. The molecular weight excluding hydrogens is 312 g/mol. The van der Waals surface area contributed by atoms with Gasteiger partial charge in [0.15, 0.2) is 0 Å². The molecule has 7 heteroatoms. The third kappa shape index (κ3) is 3.01. The first-order valence-corrected chi connectivity index (χ1v) is 7.79. The Kier molecular flexibility index (Phi) is 4.20. The van der Waals surface area contributed by atoms with Crippen molar-refractivity contribution in [2.75, 3.05) is 11.4 Å². The molecule has 0 radical (unpaired) electrons. The molecule has 110 valence electrons. The van der Waals surface area contributed by atoms with E-state index in [9.17, 15) is 13.2 Å². The van der Waals surface area contributed by atoms with Gasteiger partial charge in [-0.2, -0.15) is 0 Å². The van der Waals surface area contributed by atoms with Crippen LogP contribution in [0.5, 0.6) is 0 Å². The Bertz CT molecular complexity index is 776. The molecule has 21 heavy (non-hydrogen) atoms. The summed E-state index contributed by atoms with van der Waals surface area (Å²) in [4.78, 5) is 11.4. The first-order chi connectivity index (χ1) is 9.84. The minimum atomic E-state index is -3.71. The highest BCUT2D eigenvalue weighted by molar-refractivity contribution is 7.92. The lowest BCUT2D eigenvalue weighted by Crippen LogP contribution is -2.27. The summed E-state index contributed by atoms with van der Waals surface area (Å²) in [7, 11) is -2.31. The van der Waals surface area contributed by atoms with E-state index in [4.69, 9.17) is 17.3 Å². The Morgan fingerprint density at radius 1 is 1.14 bits per heavy atom. The van der Waals surface area contributed by atoms with Crippen LogP contribution in [-0.2, 0) is 10.0 Å². The number of rotatable bonds is 4. The Hall–Kier alpha value is -2.05. The fourth-order valence-electron chi connectivity index (χ4n) is 1.79. The quantitative estimate of drug-likeness (QED) is 0.936. The number of halogens is 1. The van der Waals surface area contributed by atoms with Crippen LogP contribution in [0.4, 0.5) is 5.69 Å². The lowest BCUT2D eigenvalue weighted by molar-refractivity contribution is 0.100. The molecule has 0 unspecified atom stereocenters. The first kappa shape index (κ1) is 15.3. The van der Waals surface area contributed by atoms with E-state index >= 15 is 0 Å². The zero-order chi connectivity index (χ0) is 15.6. The van der Waals surface area contributed by atoms with Gasteiger partial charge in [-0.05, 0) is 30.3 Å². The van der Waals surface area contributed by atoms with Gasteiger partial charge in [0.25, 0.3) is 10.0 Å². The molecular formula is C14H13ClN2O3S. The van der Waals surface area contributed by atoms with Crippen LogP contribution in [0, 0.1) is 0 Å². The highest BCUT2D eigenvalue weighted by Crippen LogP contribution is 2.26. The van der Waals surface area contributed by atoms with Crippen LogP contribution < -0.4 is 10.0 Å². The van der Waals surface area contributed by atoms with Crippen LogP contribution >= 0.6 is 11.6 Å². The van der Waals surface area contributed by atoms with Gasteiger partial charge in [0.05, 0.1) is 21.2 Å². The summed E-state index contributed by atoms with van der Waals surface area (Å²) in [5.41, 5.74) is 5.59. The van der Waals surface area contributed by atoms with Crippen molar-refractivity contribution in [2.45, 2.75) is 4.90 Å². The van der Waals surface area contributed by atoms with Gasteiger partial charge < -0.3 is 5.73 Å². The van der Waals surface area contributed by atoms with E-state index in [1.54, 1.807) is 18.2 Å². The van der Waals surface area contributed by atoms with Crippen LogP contribution in [0.1, 0.15) is 10.4 Å². The van der Waals surface area contributed by atoms with Gasteiger partial charge in [-0.3, -0.25) is 9.10 Å². The van der Waals surface area contributed by atoms with Crippen LogP contribution in [0.25, 0.3) is 0 Å². The van der Waals surface area contributed by atoms with Crippen molar-refractivity contribution in [3.8, 4) is 0 Å². The molecule has 0 aromatic heterocycles. The maximum absolute atomic E-state index is 12.5. The third-order valence-corrected chi connectivity index (χ3v) is 5.11. The molecule has 0 spiro atoms. The largest absolute Gasteiger partial charge is 0.366 e. The number of amides is 1. The van der Waals surface area contributed by atoms with Gasteiger partial charge >= 0.3 is 0 Å². The van der Waals surface area contributed by atoms with E-state index in [0.29, 0.717) is 5.69 Å². The number of sulfonamides is 1. The van der Waals surface area contributed by atoms with Crippen LogP contribution in [0.15, 0.2) is 53.4 Å². The molecule has 0 fully saturated rings. The number of carbonyl (C=O) groups excluding carboxylic acids is 1. The highest BCUT2D eigenvalue weighted by Gasteiger charge is 2.22. The summed E-state index contributed by atoms with van der Waals surface area (Å²) in [6.45, 7) is 0. The van der Waals surface area contributed by atoms with E-state index in [0.717, 1.165) is 4.31 Å². The van der Waals surface area contributed by atoms with E-state index in [2.05, 4.69) is 0 Å². The van der Waals surface area contributed by atoms with E-state index in [1.165, 1.54) is 37.4 Å². The molecule has 0 heterocycles. The normalized spacial score (nSPS) is 11.1. The monoisotopic (exact) mass is 324 g/mol. The smallest absolute Gasteiger partial charge is 0.264 e. The van der Waals surface area contributed by atoms with Crippen molar-refractivity contribution < 1.29 is 13.2 Å². The molecule has 0 aliphatic heterocycles. The molecule has 2 N–H and O–H groups in total. The SMILES string of the molecule is CN(c1ccc(Cl)c(C(N)=O)c1)S(=O)(=O)c1ccccc1. The topological polar surface area (TPSA) is 80.5 Å². The van der Waals surface area contributed by atoms with E-state index < -0.39 is 15.9 Å². The van der Waals surface area contributed by atoms with Gasteiger partial charge in [-0.15, -0.1) is 0 Å². The average Bonchev–Trinajstić information content (AvgIpc) is 2.47. The predicted molar refractivity (Wildman–Crippen MR) is 82.0 cm³/mol. The second kappa shape index (κ2) is 5.75. The number of carbonyl (C=O) groups is 1. The van der Waals surface area contributed by atoms with Crippen LogP contribution in [-0.4, -0.2) is 21.4 Å². The van der Waals surface area contributed by atoms with Crippen molar-refractivity contribution in [2.24, 2.45) is 5.73 Å². The summed E-state index contributed by atoms with van der Waals surface area (Å²) in [5, 5.41) is 0.178. The van der Waals surface area contributed by atoms with E-state index in [1.807, 2.05) is 0 Å². The number of benzene rings is 2. The zero-order valence-corrected chi connectivity index (χ0v) is 12.7. The van der Waals surface area contributed by atoms with Crippen molar-refractivity contribution in [3.05, 3.63) is 59.1 Å². The maximum atomic E-state index is 12.5. The summed E-state index contributed by atoms with van der Waals surface area (Å²) < 4.78 is 26.0. The summed E-state index contributed by atoms with van der Waals surface area (Å²) in [5.74, 6) is -0.715. The summed E-state index contributed by atoms with van der Waals surface area (Å²) in [6, 6.07) is 12.3. The Morgan fingerprint density at radius 3 is 2.33 bits per heavy atom. The molecule has 0 atom stereocenters. The number of nitrogens with two attached hydrogens (primary N) is 1. The maximum Gasteiger partial charge on any atom is 0.264 e. The molecule has 1 amide bonds. The second-order valence-corrected chi connectivity index (χ2v) is 6.69. The average molecular weight is 325 g/mol. The molecule has 2 aromatic carbocycles. The number of hydrogen-bond acceptors (Lipinski definition) is 3. The number of anilines is 1. The lowest BCUT2D eigenvalue weighted by Gasteiger charge is -2.20. The number of hydrogen-bond donors (Lipinski definition) is 1. The highest BCUT2D eigenvalue weighted by atomic mass is 35.5. The third-order valence-electron chi connectivity index (χ3n) is 2.98. The van der Waals surface area contributed by atoms with Crippen molar-refractivity contribution >= 4 is 33.2 Å². The lowest BCUT2D eigenvalue weighted by atomic mass is 10.2. The van der Waals surface area contributed by atoms with Gasteiger partial charge in [0.1, 0.15) is 0 Å². The van der Waals surface area contributed by atoms with Gasteiger partial charge in [0.2, 0.25) is 5.91 Å². The number of primary amides is 1. The standard InChI is InChI=1S/C14H13ClN2O3S/c1-17(21(19,20)11-5-3-2-4-6-11)10-7-8-13(15)12(9-10)14(16)18/h2-9H,1H3,(H2,16,18). The molecule has 0 saturated heterocycles. The zero-order valence-electron chi connectivity index (χ0n) is 11.2. The van der Waals surface area contributed by atoms with Crippen molar-refractivity contribution in [1.82, 2.24) is 0 Å². The fourth-order valence-corrected chi connectivity index (χ4v) is 3.21. The molecule has 2 aromatic rings. The van der Waals surface area contributed by atoms with Gasteiger partial charge in [-0.25, -0.2) is 8.42 Å². The second-order valence-electron chi connectivity index (χ2n) is 4.31. The minimum Gasteiger partial charge on any atom is -0.366 e. The molecule has 0 aliphatic rings. The van der Waals surface area contributed by atoms with Gasteiger partial charge in [0, 0.05) is 7.05 Å². The molecule has 0 aliphatic carbocycles. The Balaban J connectivity index is 2.48.